The smallest absolute Gasteiger partial charge is 0.162 e. The second kappa shape index (κ2) is 6.26. The molecule has 0 aliphatic carbocycles. The van der Waals surface area contributed by atoms with Crippen molar-refractivity contribution in [2.75, 3.05) is 34.0 Å². The van der Waals surface area contributed by atoms with Gasteiger partial charge < -0.3 is 18.8 Å². The van der Waals surface area contributed by atoms with Gasteiger partial charge in [-0.05, 0) is 19.8 Å². The summed E-state index contributed by atoms with van der Waals surface area (Å²) in [5.74, 6) is 1.77. The number of methoxy groups -OCH3 is 2. The first-order valence-electron chi connectivity index (χ1n) is 6.28. The van der Waals surface area contributed by atoms with Gasteiger partial charge in [-0.2, -0.15) is 0 Å². The van der Waals surface area contributed by atoms with E-state index in [2.05, 4.69) is 14.8 Å². The summed E-state index contributed by atoms with van der Waals surface area (Å²) < 4.78 is 18.3. The van der Waals surface area contributed by atoms with E-state index < -0.39 is 0 Å². The Morgan fingerprint density at radius 1 is 1.33 bits per heavy atom. The normalized spacial score (nSPS) is 19.9. The molecular formula is C12H21N3O3. The lowest BCUT2D eigenvalue weighted by Crippen LogP contribution is -2.24. The van der Waals surface area contributed by atoms with Crippen molar-refractivity contribution in [3.05, 3.63) is 11.6 Å². The van der Waals surface area contributed by atoms with Gasteiger partial charge >= 0.3 is 0 Å². The molecule has 1 atom stereocenters. The second-order valence-electron chi connectivity index (χ2n) is 4.54. The lowest BCUT2D eigenvalue weighted by Gasteiger charge is -2.21. The molecule has 2 rings (SSSR count). The average Bonchev–Trinajstić information content (AvgIpc) is 2.97. The van der Waals surface area contributed by atoms with E-state index in [9.17, 15) is 0 Å². The zero-order chi connectivity index (χ0) is 13.0. The molecule has 18 heavy (non-hydrogen) atoms. The first-order valence-corrected chi connectivity index (χ1v) is 6.28. The predicted octanol–water partition coefficient (Wildman–Crippen LogP) is 1.27. The molecule has 1 aliphatic rings. The van der Waals surface area contributed by atoms with Gasteiger partial charge in [-0.15, -0.1) is 10.2 Å². The summed E-state index contributed by atoms with van der Waals surface area (Å²) in [7, 11) is 3.38. The SMILES string of the molecule is COCC(COC)n1c(C)nnc1[C@@H]1CCCO1. The highest BCUT2D eigenvalue weighted by Crippen LogP contribution is 2.29. The van der Waals surface area contributed by atoms with Gasteiger partial charge in [0, 0.05) is 20.8 Å². The molecule has 0 amide bonds. The molecule has 1 aliphatic heterocycles. The van der Waals surface area contributed by atoms with Crippen LogP contribution in [-0.2, 0) is 14.2 Å². The van der Waals surface area contributed by atoms with Crippen molar-refractivity contribution in [3.8, 4) is 0 Å². The highest BCUT2D eigenvalue weighted by molar-refractivity contribution is 5.02. The molecular weight excluding hydrogens is 234 g/mol. The fourth-order valence-electron chi connectivity index (χ4n) is 2.42. The van der Waals surface area contributed by atoms with Crippen LogP contribution in [0.5, 0.6) is 0 Å². The molecule has 1 fully saturated rings. The van der Waals surface area contributed by atoms with Crippen molar-refractivity contribution in [3.63, 3.8) is 0 Å². The van der Waals surface area contributed by atoms with Crippen molar-refractivity contribution in [2.45, 2.75) is 31.9 Å². The summed E-state index contributed by atoms with van der Waals surface area (Å²) in [5, 5.41) is 8.43. The van der Waals surface area contributed by atoms with Crippen molar-refractivity contribution < 1.29 is 14.2 Å². The first kappa shape index (κ1) is 13.5. The van der Waals surface area contributed by atoms with E-state index in [0.717, 1.165) is 31.1 Å². The number of ether oxygens (including phenoxy) is 3. The van der Waals surface area contributed by atoms with Crippen LogP contribution in [0.4, 0.5) is 0 Å². The molecule has 1 aromatic rings. The molecule has 0 saturated carbocycles. The maximum absolute atomic E-state index is 5.69. The number of hydrogen-bond donors (Lipinski definition) is 0. The molecule has 0 bridgehead atoms. The number of rotatable bonds is 6. The van der Waals surface area contributed by atoms with Gasteiger partial charge in [-0.25, -0.2) is 0 Å². The summed E-state index contributed by atoms with van der Waals surface area (Å²) in [4.78, 5) is 0. The van der Waals surface area contributed by atoms with Crippen LogP contribution in [0.3, 0.4) is 0 Å². The minimum absolute atomic E-state index is 0.0578. The molecule has 1 saturated heterocycles. The molecule has 0 N–H and O–H groups in total. The van der Waals surface area contributed by atoms with Crippen LogP contribution in [0.2, 0.25) is 0 Å². The van der Waals surface area contributed by atoms with Gasteiger partial charge in [-0.1, -0.05) is 0 Å². The quantitative estimate of drug-likeness (QED) is 0.766. The second-order valence-corrected chi connectivity index (χ2v) is 4.54. The molecule has 0 unspecified atom stereocenters. The maximum Gasteiger partial charge on any atom is 0.162 e. The number of aryl methyl sites for hydroxylation is 1. The molecule has 1 aromatic heterocycles. The lowest BCUT2D eigenvalue weighted by atomic mass is 10.2. The molecule has 2 heterocycles. The number of hydrogen-bond acceptors (Lipinski definition) is 5. The van der Waals surface area contributed by atoms with Crippen LogP contribution in [0.15, 0.2) is 0 Å². The summed E-state index contributed by atoms with van der Waals surface area (Å²) in [6.07, 6.45) is 2.14. The molecule has 0 spiro atoms. The van der Waals surface area contributed by atoms with E-state index in [1.54, 1.807) is 14.2 Å². The highest BCUT2D eigenvalue weighted by Gasteiger charge is 2.27. The Balaban J connectivity index is 2.25. The van der Waals surface area contributed by atoms with Gasteiger partial charge in [-0.3, -0.25) is 0 Å². The zero-order valence-electron chi connectivity index (χ0n) is 11.3. The number of nitrogens with zero attached hydrogens (tertiary/aromatic N) is 3. The third-order valence-corrected chi connectivity index (χ3v) is 3.19. The Morgan fingerprint density at radius 3 is 2.61 bits per heavy atom. The summed E-state index contributed by atoms with van der Waals surface area (Å²) in [6, 6.07) is 0.0919. The molecule has 0 aromatic carbocycles. The van der Waals surface area contributed by atoms with Crippen molar-refractivity contribution >= 4 is 0 Å². The Kier molecular flexibility index (Phi) is 4.68. The van der Waals surface area contributed by atoms with E-state index in [0.29, 0.717) is 13.2 Å². The van der Waals surface area contributed by atoms with E-state index in [-0.39, 0.29) is 12.1 Å². The van der Waals surface area contributed by atoms with Crippen LogP contribution in [-0.4, -0.2) is 48.8 Å². The van der Waals surface area contributed by atoms with Gasteiger partial charge in [0.05, 0.1) is 19.3 Å². The zero-order valence-corrected chi connectivity index (χ0v) is 11.3. The van der Waals surface area contributed by atoms with Gasteiger partial charge in [0.15, 0.2) is 5.82 Å². The van der Waals surface area contributed by atoms with Gasteiger partial charge in [0.25, 0.3) is 0 Å². The van der Waals surface area contributed by atoms with E-state index in [1.807, 2.05) is 6.92 Å². The first-order chi connectivity index (χ1) is 8.77. The van der Waals surface area contributed by atoms with Crippen LogP contribution >= 0.6 is 0 Å². The Hall–Kier alpha value is -0.980. The summed E-state index contributed by atoms with van der Waals surface area (Å²) in [5.41, 5.74) is 0. The maximum atomic E-state index is 5.69. The minimum atomic E-state index is 0.0578. The average molecular weight is 255 g/mol. The molecule has 6 nitrogen and oxygen atoms in total. The molecule has 0 radical (unpaired) electrons. The predicted molar refractivity (Wildman–Crippen MR) is 65.5 cm³/mol. The fourth-order valence-corrected chi connectivity index (χ4v) is 2.42. The van der Waals surface area contributed by atoms with Crippen molar-refractivity contribution in [1.29, 1.82) is 0 Å². The third-order valence-electron chi connectivity index (χ3n) is 3.19. The molecule has 102 valence electrons. The van der Waals surface area contributed by atoms with Crippen LogP contribution in [0.25, 0.3) is 0 Å². The largest absolute Gasteiger partial charge is 0.382 e. The van der Waals surface area contributed by atoms with Crippen LogP contribution in [0, 0.1) is 6.92 Å². The fraction of sp³-hybridized carbons (Fsp3) is 0.833. The van der Waals surface area contributed by atoms with E-state index in [1.165, 1.54) is 0 Å². The topological polar surface area (TPSA) is 58.4 Å². The Labute approximate surface area is 107 Å². The van der Waals surface area contributed by atoms with E-state index in [4.69, 9.17) is 14.2 Å². The van der Waals surface area contributed by atoms with Crippen molar-refractivity contribution in [1.82, 2.24) is 14.8 Å². The standard InChI is InChI=1S/C12H21N3O3/c1-9-13-14-12(11-5-4-6-18-11)15(9)10(7-16-2)8-17-3/h10-11H,4-8H2,1-3H3/t11-/m0/s1. The summed E-state index contributed by atoms with van der Waals surface area (Å²) >= 11 is 0. The number of aromatic nitrogens is 3. The van der Waals surface area contributed by atoms with Crippen LogP contribution in [0.1, 0.15) is 36.6 Å². The Morgan fingerprint density at radius 2 is 2.06 bits per heavy atom. The van der Waals surface area contributed by atoms with Crippen molar-refractivity contribution in [2.24, 2.45) is 0 Å². The van der Waals surface area contributed by atoms with E-state index >= 15 is 0 Å². The Bertz CT molecular complexity index is 369. The van der Waals surface area contributed by atoms with Crippen LogP contribution < -0.4 is 0 Å². The van der Waals surface area contributed by atoms with Gasteiger partial charge in [0.2, 0.25) is 0 Å². The lowest BCUT2D eigenvalue weighted by molar-refractivity contribution is 0.0711. The van der Waals surface area contributed by atoms with Gasteiger partial charge in [0.1, 0.15) is 11.9 Å². The molecule has 6 heteroatoms. The summed E-state index contributed by atoms with van der Waals surface area (Å²) in [6.45, 7) is 3.90. The highest BCUT2D eigenvalue weighted by atomic mass is 16.5. The monoisotopic (exact) mass is 255 g/mol. The third kappa shape index (κ3) is 2.71. The minimum Gasteiger partial charge on any atom is -0.382 e.